The molecule has 0 fully saturated rings. The van der Waals surface area contributed by atoms with Crippen molar-refractivity contribution < 1.29 is 0 Å². The Morgan fingerprint density at radius 1 is 0.586 bits per heavy atom. The highest BCUT2D eigenvalue weighted by molar-refractivity contribution is 7.99. The Kier molecular flexibility index (Phi) is 3.72. The number of rotatable bonds is 1. The van der Waals surface area contributed by atoms with Crippen LogP contribution in [-0.4, -0.2) is 0 Å². The van der Waals surface area contributed by atoms with Gasteiger partial charge in [0.1, 0.15) is 0 Å². The summed E-state index contributed by atoms with van der Waals surface area (Å²) in [6.45, 7) is 4.70. The van der Waals surface area contributed by atoms with Gasteiger partial charge in [0.25, 0.3) is 0 Å². The Morgan fingerprint density at radius 3 is 2.21 bits per heavy atom. The molecule has 0 spiro atoms. The molecule has 140 valence electrons. The molecule has 0 aliphatic carbocycles. The minimum atomic E-state index is 0.00632. The number of fused-ring (bicyclic) bond motifs is 5. The Morgan fingerprint density at radius 2 is 1.28 bits per heavy atom. The Hall–Kier alpha value is -2.55. The van der Waals surface area contributed by atoms with Crippen molar-refractivity contribution in [3.8, 4) is 11.1 Å². The maximum absolute atomic E-state index is 2.41. The standard InChI is InChI=1S/C27H20S2/c1-27(2)21-8-4-6-10-25(21)29-26-14-12-18(16-22(26)27)17-11-13-24-20(15-17)19-7-3-5-9-23(19)28-24/h3-16H,1-2H3. The zero-order chi connectivity index (χ0) is 19.6. The highest BCUT2D eigenvalue weighted by Gasteiger charge is 2.32. The summed E-state index contributed by atoms with van der Waals surface area (Å²) in [6, 6.07) is 31.5. The van der Waals surface area contributed by atoms with E-state index in [4.69, 9.17) is 0 Å². The lowest BCUT2D eigenvalue weighted by Crippen LogP contribution is -2.23. The molecule has 0 bridgehead atoms. The second-order valence-corrected chi connectivity index (χ2v) is 10.4. The van der Waals surface area contributed by atoms with Crippen molar-refractivity contribution in [1.82, 2.24) is 0 Å². The fraction of sp³-hybridized carbons (Fsp3) is 0.111. The van der Waals surface area contributed by atoms with Gasteiger partial charge >= 0.3 is 0 Å². The average Bonchev–Trinajstić information content (AvgIpc) is 3.12. The van der Waals surface area contributed by atoms with Gasteiger partial charge in [0.05, 0.1) is 0 Å². The van der Waals surface area contributed by atoms with Gasteiger partial charge in [0.15, 0.2) is 0 Å². The first-order chi connectivity index (χ1) is 14.1. The van der Waals surface area contributed by atoms with Crippen LogP contribution in [-0.2, 0) is 5.41 Å². The van der Waals surface area contributed by atoms with E-state index in [9.17, 15) is 0 Å². The number of hydrogen-bond donors (Lipinski definition) is 0. The van der Waals surface area contributed by atoms with Crippen molar-refractivity contribution >= 4 is 43.3 Å². The summed E-state index contributed by atoms with van der Waals surface area (Å²) < 4.78 is 2.72. The van der Waals surface area contributed by atoms with E-state index in [0.29, 0.717) is 0 Å². The summed E-state index contributed by atoms with van der Waals surface area (Å²) >= 11 is 3.77. The number of hydrogen-bond acceptors (Lipinski definition) is 2. The van der Waals surface area contributed by atoms with E-state index in [1.165, 1.54) is 52.2 Å². The third kappa shape index (κ3) is 2.59. The zero-order valence-electron chi connectivity index (χ0n) is 16.4. The molecule has 1 aliphatic heterocycles. The highest BCUT2D eigenvalue weighted by Crippen LogP contribution is 2.50. The Balaban J connectivity index is 1.52. The maximum Gasteiger partial charge on any atom is 0.0355 e. The van der Waals surface area contributed by atoms with Gasteiger partial charge in [0, 0.05) is 35.4 Å². The summed E-state index contributed by atoms with van der Waals surface area (Å²) in [6.07, 6.45) is 0. The van der Waals surface area contributed by atoms with Crippen LogP contribution in [0.1, 0.15) is 25.0 Å². The van der Waals surface area contributed by atoms with Crippen LogP contribution in [0.3, 0.4) is 0 Å². The smallest absolute Gasteiger partial charge is 0.0355 e. The summed E-state index contributed by atoms with van der Waals surface area (Å²) in [5.41, 5.74) is 5.45. The van der Waals surface area contributed by atoms with Gasteiger partial charge in [-0.2, -0.15) is 0 Å². The van der Waals surface area contributed by atoms with Gasteiger partial charge in [0.2, 0.25) is 0 Å². The van der Waals surface area contributed by atoms with Crippen LogP contribution < -0.4 is 0 Å². The lowest BCUT2D eigenvalue weighted by molar-refractivity contribution is 0.607. The Labute approximate surface area is 179 Å². The van der Waals surface area contributed by atoms with E-state index in [2.05, 4.69) is 98.8 Å². The van der Waals surface area contributed by atoms with Crippen LogP contribution in [0.15, 0.2) is 94.7 Å². The van der Waals surface area contributed by atoms with Crippen molar-refractivity contribution in [1.29, 1.82) is 0 Å². The molecule has 1 aliphatic rings. The number of thiophene rings is 1. The van der Waals surface area contributed by atoms with Gasteiger partial charge in [-0.3, -0.25) is 0 Å². The van der Waals surface area contributed by atoms with Gasteiger partial charge in [-0.1, -0.05) is 74.1 Å². The lowest BCUT2D eigenvalue weighted by Gasteiger charge is -2.34. The third-order valence-corrected chi connectivity index (χ3v) is 8.45. The van der Waals surface area contributed by atoms with Crippen LogP contribution in [0.5, 0.6) is 0 Å². The van der Waals surface area contributed by atoms with E-state index in [1.807, 2.05) is 23.1 Å². The van der Waals surface area contributed by atoms with E-state index >= 15 is 0 Å². The zero-order valence-corrected chi connectivity index (χ0v) is 18.0. The molecule has 2 heteroatoms. The average molecular weight is 409 g/mol. The third-order valence-electron chi connectivity index (χ3n) is 6.14. The van der Waals surface area contributed by atoms with E-state index in [-0.39, 0.29) is 5.41 Å². The molecule has 0 nitrogen and oxygen atoms in total. The van der Waals surface area contributed by atoms with Gasteiger partial charge in [-0.05, 0) is 58.7 Å². The molecule has 2 heterocycles. The first-order valence-electron chi connectivity index (χ1n) is 9.95. The fourth-order valence-corrected chi connectivity index (χ4v) is 6.99. The largest absolute Gasteiger partial charge is 0.135 e. The van der Waals surface area contributed by atoms with E-state index in [0.717, 1.165) is 0 Å². The first-order valence-corrected chi connectivity index (χ1v) is 11.6. The van der Waals surface area contributed by atoms with Crippen molar-refractivity contribution in [3.63, 3.8) is 0 Å². The fourth-order valence-electron chi connectivity index (χ4n) is 4.53. The normalized spacial score (nSPS) is 14.7. The molecule has 29 heavy (non-hydrogen) atoms. The maximum atomic E-state index is 2.41. The Bertz CT molecular complexity index is 1410. The van der Waals surface area contributed by atoms with Crippen LogP contribution in [0.2, 0.25) is 0 Å². The molecule has 5 aromatic rings. The summed E-state index contributed by atoms with van der Waals surface area (Å²) in [5, 5.41) is 2.72. The van der Waals surface area contributed by atoms with Crippen LogP contribution in [0.25, 0.3) is 31.3 Å². The van der Waals surface area contributed by atoms with E-state index in [1.54, 1.807) is 0 Å². The van der Waals surface area contributed by atoms with Gasteiger partial charge in [-0.25, -0.2) is 0 Å². The molecule has 0 unspecified atom stereocenters. The van der Waals surface area contributed by atoms with Crippen LogP contribution >= 0.6 is 23.1 Å². The van der Waals surface area contributed by atoms with Crippen molar-refractivity contribution in [2.45, 2.75) is 29.1 Å². The minimum Gasteiger partial charge on any atom is -0.135 e. The molecule has 0 radical (unpaired) electrons. The monoisotopic (exact) mass is 408 g/mol. The molecule has 0 N–H and O–H groups in total. The second-order valence-electron chi connectivity index (χ2n) is 8.24. The molecular formula is C27H20S2. The number of benzene rings is 4. The lowest BCUT2D eigenvalue weighted by atomic mass is 9.77. The van der Waals surface area contributed by atoms with Crippen molar-refractivity contribution in [2.24, 2.45) is 0 Å². The molecule has 0 atom stereocenters. The molecule has 1 aromatic heterocycles. The molecule has 0 saturated heterocycles. The SMILES string of the molecule is CC1(C)c2ccccc2Sc2ccc(-c3ccc4sc5ccccc5c4c3)cc21. The first kappa shape index (κ1) is 17.3. The van der Waals surface area contributed by atoms with E-state index < -0.39 is 0 Å². The van der Waals surface area contributed by atoms with Crippen LogP contribution in [0, 0.1) is 0 Å². The quantitative estimate of drug-likeness (QED) is 0.268. The highest BCUT2D eigenvalue weighted by atomic mass is 32.2. The molecule has 0 amide bonds. The summed E-state index contributed by atoms with van der Waals surface area (Å²) in [4.78, 5) is 2.75. The topological polar surface area (TPSA) is 0 Å². The summed E-state index contributed by atoms with van der Waals surface area (Å²) in [7, 11) is 0. The molecule has 6 rings (SSSR count). The molecular weight excluding hydrogens is 388 g/mol. The minimum absolute atomic E-state index is 0.00632. The van der Waals surface area contributed by atoms with Crippen molar-refractivity contribution in [3.05, 3.63) is 96.1 Å². The summed E-state index contributed by atoms with van der Waals surface area (Å²) in [5.74, 6) is 0. The van der Waals surface area contributed by atoms with Gasteiger partial charge in [-0.15, -0.1) is 11.3 Å². The van der Waals surface area contributed by atoms with Crippen LogP contribution in [0.4, 0.5) is 0 Å². The van der Waals surface area contributed by atoms with Gasteiger partial charge < -0.3 is 0 Å². The molecule has 0 saturated carbocycles. The second kappa shape index (κ2) is 6.22. The van der Waals surface area contributed by atoms with Crippen molar-refractivity contribution in [2.75, 3.05) is 0 Å². The molecule has 4 aromatic carbocycles. The predicted octanol–water partition coefficient (Wildman–Crippen LogP) is 8.51. The predicted molar refractivity (Wildman–Crippen MR) is 127 cm³/mol.